The summed E-state index contributed by atoms with van der Waals surface area (Å²) in [4.78, 5) is 10.8. The quantitative estimate of drug-likeness (QED) is 0.187. The van der Waals surface area contributed by atoms with Crippen LogP contribution in [0.25, 0.3) is 75.0 Å². The lowest BCUT2D eigenvalue weighted by Gasteiger charge is -2.43. The van der Waals surface area contributed by atoms with Crippen molar-refractivity contribution in [2.24, 2.45) is 0 Å². The maximum Gasteiger partial charge on any atom is 0.251 e. The molecule has 5 heteroatoms. The number of hydrazine groups is 1. The van der Waals surface area contributed by atoms with E-state index < -0.39 is 0 Å². The first-order chi connectivity index (χ1) is 26.6. The summed E-state index contributed by atoms with van der Waals surface area (Å²) in [5.41, 5.74) is 6.79. The van der Waals surface area contributed by atoms with Gasteiger partial charge in [0.15, 0.2) is 0 Å². The first kappa shape index (κ1) is 25.4. The van der Waals surface area contributed by atoms with Gasteiger partial charge in [-0.15, -0.1) is 11.3 Å². The maximum atomic E-state index is 9.77. The number of benzene rings is 8. The fourth-order valence-electron chi connectivity index (χ4n) is 7.72. The van der Waals surface area contributed by atoms with Crippen LogP contribution in [0.3, 0.4) is 0 Å². The van der Waals surface area contributed by atoms with E-state index in [-0.39, 0.29) is 0 Å². The SMILES string of the molecule is [2H]c1cc2ccccc2c2c1N(c1ccccc1)N(c1nc(-c3ccccc3)c3ccccc3n1)c1c-2c2cccc([2H])c2c2c1sc1cccc([2H])c12. The molecule has 0 N–H and O–H groups in total. The number of fused-ring (bicyclic) bond motifs is 13. The van der Waals surface area contributed by atoms with Gasteiger partial charge in [0, 0.05) is 37.5 Å². The highest BCUT2D eigenvalue weighted by Gasteiger charge is 2.38. The van der Waals surface area contributed by atoms with Crippen LogP contribution in [-0.2, 0) is 0 Å². The lowest BCUT2D eigenvalue weighted by Crippen LogP contribution is -2.40. The smallest absolute Gasteiger partial charge is 0.246 e. The summed E-state index contributed by atoms with van der Waals surface area (Å²) in [5, 5.41) is 10.5. The molecule has 0 radical (unpaired) electrons. The lowest BCUT2D eigenvalue weighted by molar-refractivity contribution is 0.933. The number of nitrogens with zero attached hydrogens (tertiary/aromatic N) is 4. The van der Waals surface area contributed by atoms with Crippen molar-refractivity contribution in [1.82, 2.24) is 9.97 Å². The third kappa shape index (κ3) is 4.13. The zero-order valence-electron chi connectivity index (χ0n) is 30.1. The van der Waals surface area contributed by atoms with Crippen molar-refractivity contribution in [3.63, 3.8) is 0 Å². The highest BCUT2D eigenvalue weighted by Crippen LogP contribution is 2.58. The second kappa shape index (κ2) is 11.0. The van der Waals surface area contributed by atoms with Gasteiger partial charge in [0.1, 0.15) is 0 Å². The number of anilines is 4. The van der Waals surface area contributed by atoms with E-state index >= 15 is 0 Å². The Balaban J connectivity index is 1.41. The van der Waals surface area contributed by atoms with Gasteiger partial charge < -0.3 is 0 Å². The standard InChI is InChI=1S/C46H28N4S/c1-3-16-30(17-4-1)43-35-23-11-13-25-37(35)47-46(48-43)50-44-42(34-22-10-9-21-33(34)40-36-24-12-14-26-39(36)51-45(40)44)41-32-20-8-7-15-29(32)27-28-38(41)49(50)31-18-5-2-6-19-31/h1-28H/i21D,24D,28D. The fraction of sp³-hybridized carbons (Fsp3) is 0. The molecule has 0 unspecified atom stereocenters. The molecule has 8 aromatic carbocycles. The van der Waals surface area contributed by atoms with E-state index in [9.17, 15) is 4.11 Å². The van der Waals surface area contributed by atoms with E-state index in [1.807, 2.05) is 97.1 Å². The van der Waals surface area contributed by atoms with Gasteiger partial charge in [-0.25, -0.2) is 20.0 Å². The molecule has 1 aliphatic rings. The molecule has 238 valence electrons. The molecule has 0 aliphatic carbocycles. The van der Waals surface area contributed by atoms with Gasteiger partial charge in [-0.3, -0.25) is 0 Å². The molecular formula is C46H28N4S. The summed E-state index contributed by atoms with van der Waals surface area (Å²) in [6.45, 7) is 0. The molecule has 11 rings (SSSR count). The summed E-state index contributed by atoms with van der Waals surface area (Å²) in [7, 11) is 0. The summed E-state index contributed by atoms with van der Waals surface area (Å²) in [5.74, 6) is 0.446. The minimum absolute atomic E-state index is 0.354. The minimum Gasteiger partial charge on any atom is -0.246 e. The first-order valence-corrected chi connectivity index (χ1v) is 17.8. The number of para-hydroxylation sites is 2. The maximum absolute atomic E-state index is 9.77. The molecule has 3 heterocycles. The summed E-state index contributed by atoms with van der Waals surface area (Å²) in [6, 6.07) is 51.5. The van der Waals surface area contributed by atoms with E-state index in [1.54, 1.807) is 11.3 Å². The number of thiophene rings is 1. The predicted octanol–water partition coefficient (Wildman–Crippen LogP) is 12.8. The predicted molar refractivity (Wildman–Crippen MR) is 215 cm³/mol. The first-order valence-electron chi connectivity index (χ1n) is 18.4. The van der Waals surface area contributed by atoms with Crippen LogP contribution in [0.15, 0.2) is 170 Å². The van der Waals surface area contributed by atoms with Crippen molar-refractivity contribution >= 4 is 87.0 Å². The molecule has 1 aliphatic heterocycles. The number of aromatic nitrogens is 2. The molecular weight excluding hydrogens is 641 g/mol. The molecule has 0 atom stereocenters. The van der Waals surface area contributed by atoms with Crippen molar-refractivity contribution < 1.29 is 4.11 Å². The third-order valence-corrected chi connectivity index (χ3v) is 11.0. The van der Waals surface area contributed by atoms with Crippen LogP contribution >= 0.6 is 11.3 Å². The molecule has 51 heavy (non-hydrogen) atoms. The van der Waals surface area contributed by atoms with Crippen molar-refractivity contribution in [3.05, 3.63) is 170 Å². The molecule has 0 saturated carbocycles. The topological polar surface area (TPSA) is 32.3 Å². The molecule has 0 bridgehead atoms. The van der Waals surface area contributed by atoms with Crippen molar-refractivity contribution in [3.8, 4) is 22.4 Å². The third-order valence-electron chi connectivity index (χ3n) is 9.87. The Morgan fingerprint density at radius 1 is 0.510 bits per heavy atom. The molecule has 2 aromatic heterocycles. The molecule has 0 spiro atoms. The van der Waals surface area contributed by atoms with Crippen molar-refractivity contribution in [1.29, 1.82) is 0 Å². The Labute approximate surface area is 302 Å². The van der Waals surface area contributed by atoms with Gasteiger partial charge in [-0.1, -0.05) is 139 Å². The van der Waals surface area contributed by atoms with Crippen LogP contribution in [0.1, 0.15) is 4.11 Å². The monoisotopic (exact) mass is 671 g/mol. The van der Waals surface area contributed by atoms with E-state index in [1.165, 1.54) is 0 Å². The van der Waals surface area contributed by atoms with Crippen LogP contribution in [0.4, 0.5) is 23.0 Å². The van der Waals surface area contributed by atoms with E-state index in [4.69, 9.17) is 9.97 Å². The largest absolute Gasteiger partial charge is 0.251 e. The second-order valence-electron chi connectivity index (χ2n) is 12.7. The van der Waals surface area contributed by atoms with Crippen LogP contribution in [-0.4, -0.2) is 9.97 Å². The number of hydrogen-bond acceptors (Lipinski definition) is 5. The van der Waals surface area contributed by atoms with Crippen molar-refractivity contribution in [2.75, 3.05) is 10.0 Å². The lowest BCUT2D eigenvalue weighted by atomic mass is 9.87. The second-order valence-corrected chi connectivity index (χ2v) is 13.8. The zero-order valence-corrected chi connectivity index (χ0v) is 27.9. The number of hydrogen-bond donors (Lipinski definition) is 0. The Hall–Kier alpha value is -6.56. The highest BCUT2D eigenvalue weighted by molar-refractivity contribution is 7.26. The van der Waals surface area contributed by atoms with Crippen molar-refractivity contribution in [2.45, 2.75) is 0 Å². The van der Waals surface area contributed by atoms with Crippen LogP contribution in [0.5, 0.6) is 0 Å². The summed E-state index contributed by atoms with van der Waals surface area (Å²) >= 11 is 1.62. The van der Waals surface area contributed by atoms with E-state index in [0.717, 1.165) is 86.4 Å². The van der Waals surface area contributed by atoms with E-state index in [0.29, 0.717) is 29.8 Å². The minimum atomic E-state index is 0.354. The van der Waals surface area contributed by atoms with Crippen LogP contribution in [0.2, 0.25) is 0 Å². The number of rotatable bonds is 3. The average Bonchev–Trinajstić information content (AvgIpc) is 3.61. The molecule has 4 nitrogen and oxygen atoms in total. The van der Waals surface area contributed by atoms with Gasteiger partial charge >= 0.3 is 0 Å². The molecule has 0 fully saturated rings. The Kier molecular flexibility index (Phi) is 5.47. The molecule has 0 saturated heterocycles. The van der Waals surface area contributed by atoms with Gasteiger partial charge in [0.25, 0.3) is 5.95 Å². The summed E-state index contributed by atoms with van der Waals surface area (Å²) in [6.07, 6.45) is 0. The normalized spacial score (nSPS) is 13.5. The van der Waals surface area contributed by atoms with Crippen LogP contribution in [0, 0.1) is 0 Å². The van der Waals surface area contributed by atoms with Gasteiger partial charge in [-0.05, 0) is 51.9 Å². The van der Waals surface area contributed by atoms with Gasteiger partial charge in [-0.2, -0.15) is 0 Å². The zero-order chi connectivity index (χ0) is 36.1. The van der Waals surface area contributed by atoms with Crippen LogP contribution < -0.4 is 10.0 Å². The fourth-order valence-corrected chi connectivity index (χ4v) is 8.95. The highest BCUT2D eigenvalue weighted by atomic mass is 32.1. The molecule has 0 amide bonds. The average molecular weight is 672 g/mol. The van der Waals surface area contributed by atoms with E-state index in [2.05, 4.69) is 64.6 Å². The Morgan fingerprint density at radius 2 is 1.20 bits per heavy atom. The Bertz CT molecular complexity index is 3170. The molecule has 10 aromatic rings. The Morgan fingerprint density at radius 3 is 2.06 bits per heavy atom. The summed E-state index contributed by atoms with van der Waals surface area (Å²) < 4.78 is 30.2. The van der Waals surface area contributed by atoms with Gasteiger partial charge in [0.2, 0.25) is 0 Å². The van der Waals surface area contributed by atoms with Gasteiger partial charge in [0.05, 0.1) is 37.1 Å².